The van der Waals surface area contributed by atoms with Crippen molar-refractivity contribution in [1.29, 1.82) is 0 Å². The van der Waals surface area contributed by atoms with E-state index in [4.69, 9.17) is 20.4 Å². The number of hydrogen-bond donors (Lipinski definition) is 2. The second-order valence-electron chi connectivity index (χ2n) is 10.5. The highest BCUT2D eigenvalue weighted by atomic mass is 127. The minimum absolute atomic E-state index is 0.168. The van der Waals surface area contributed by atoms with Gasteiger partial charge in [0.25, 0.3) is 0 Å². The maximum Gasteiger partial charge on any atom is 0.121 e. The predicted molar refractivity (Wildman–Crippen MR) is 194 cm³/mol. The van der Waals surface area contributed by atoms with E-state index in [0.29, 0.717) is 29.8 Å². The number of benzene rings is 2. The Morgan fingerprint density at radius 3 is 2.00 bits per heavy atom. The zero-order valence-corrected chi connectivity index (χ0v) is 29.3. The molecule has 44 heavy (non-hydrogen) atoms. The molecule has 2 aliphatic carbocycles. The van der Waals surface area contributed by atoms with E-state index in [2.05, 4.69) is 44.8 Å². The normalized spacial score (nSPS) is 25.6. The first-order valence-electron chi connectivity index (χ1n) is 14.9. The molecule has 4 aromatic rings. The molecule has 3 unspecified atom stereocenters. The molecule has 2 aliphatic rings. The molecule has 0 saturated carbocycles. The molecule has 0 radical (unpaired) electrons. The fourth-order valence-electron chi connectivity index (χ4n) is 4.96. The molecular weight excluding hydrogens is 682 g/mol. The number of nitrogens with zero attached hydrogens (tertiary/aromatic N) is 6. The first-order chi connectivity index (χ1) is 21.1. The molecule has 230 valence electrons. The van der Waals surface area contributed by atoms with Crippen LogP contribution in [-0.2, 0) is 0 Å². The van der Waals surface area contributed by atoms with Gasteiger partial charge in [-0.05, 0) is 62.0 Å². The number of allylic oxidation sites excluding steroid dienone is 10. The zero-order valence-electron chi connectivity index (χ0n) is 26.0. The Hall–Kier alpha value is -3.40. The lowest BCUT2D eigenvalue weighted by Gasteiger charge is -2.18. The van der Waals surface area contributed by atoms with Gasteiger partial charge in [0.15, 0.2) is 0 Å². The number of rotatable bonds is 3. The van der Waals surface area contributed by atoms with Gasteiger partial charge in [0, 0.05) is 27.0 Å². The third-order valence-electron chi connectivity index (χ3n) is 6.69. The van der Waals surface area contributed by atoms with Gasteiger partial charge in [-0.1, -0.05) is 92.8 Å². The SMILES string of the molecule is CC.CC.CC1(O)C=C(P)C/C=C\C(n2nc3cccc(-c4cccc5nn(/C6=C/C=C\C(C)(I)CC(O)=C6)nc45)c3n2)=C/1. The average molecular weight is 723 g/mol. The van der Waals surface area contributed by atoms with Crippen LogP contribution in [0.4, 0.5) is 0 Å². The van der Waals surface area contributed by atoms with E-state index >= 15 is 0 Å². The molecule has 2 N–H and O–H groups in total. The summed E-state index contributed by atoms with van der Waals surface area (Å²) in [6, 6.07) is 11.7. The van der Waals surface area contributed by atoms with Gasteiger partial charge in [-0.3, -0.25) is 0 Å². The second-order valence-corrected chi connectivity index (χ2v) is 13.7. The van der Waals surface area contributed by atoms with Gasteiger partial charge >= 0.3 is 0 Å². The van der Waals surface area contributed by atoms with Gasteiger partial charge in [0.2, 0.25) is 0 Å². The van der Waals surface area contributed by atoms with E-state index in [1.54, 1.807) is 28.7 Å². The first kappa shape index (κ1) is 33.5. The number of aromatic nitrogens is 6. The lowest BCUT2D eigenvalue weighted by molar-refractivity contribution is 0.163. The number of halogens is 1. The van der Waals surface area contributed by atoms with Crippen LogP contribution in [-0.4, -0.2) is 49.2 Å². The van der Waals surface area contributed by atoms with Crippen molar-refractivity contribution < 1.29 is 10.2 Å². The van der Waals surface area contributed by atoms with Gasteiger partial charge < -0.3 is 10.2 Å². The predicted octanol–water partition coefficient (Wildman–Crippen LogP) is 8.64. The molecule has 0 amide bonds. The standard InChI is InChI=1S/C30H28IN6O2P.2C2H6/c1-29(31)14-6-8-19(15-21(38)17-29)36-32-25-12-4-10-23(27(25)34-36)24-11-5-13-26-28(24)35-37(33-26)20-7-3-9-22(40)18-30(2,39)16-20;2*1-2/h3-8,10-16,18,38-39H,9,17,40H2,1-2H3;2*1-2H3/b7-3-,14-6-,19-8+,20-16+,21-15?,22-18?;;. The molecule has 8 nitrogen and oxygen atoms in total. The number of alkyl halides is 1. The summed E-state index contributed by atoms with van der Waals surface area (Å²) in [7, 11) is 2.67. The van der Waals surface area contributed by atoms with Crippen LogP contribution in [0.5, 0.6) is 0 Å². The van der Waals surface area contributed by atoms with E-state index < -0.39 is 5.60 Å². The molecular formula is C34H40IN6O2P. The van der Waals surface area contributed by atoms with Crippen molar-refractivity contribution in [3.8, 4) is 11.1 Å². The van der Waals surface area contributed by atoms with Crippen molar-refractivity contribution in [2.45, 2.75) is 63.4 Å². The fourth-order valence-corrected chi connectivity index (χ4v) is 6.03. The van der Waals surface area contributed by atoms with Crippen molar-refractivity contribution in [3.63, 3.8) is 0 Å². The largest absolute Gasteiger partial charge is 0.512 e. The molecule has 0 fully saturated rings. The van der Waals surface area contributed by atoms with Crippen molar-refractivity contribution in [1.82, 2.24) is 30.0 Å². The Balaban J connectivity index is 0.00000106. The molecule has 2 aromatic heterocycles. The first-order valence-corrected chi connectivity index (χ1v) is 16.5. The Morgan fingerprint density at radius 1 is 0.841 bits per heavy atom. The molecule has 3 atom stereocenters. The van der Waals surface area contributed by atoms with Crippen LogP contribution < -0.4 is 0 Å². The van der Waals surface area contributed by atoms with Crippen LogP contribution in [0.25, 0.3) is 44.6 Å². The Kier molecular flexibility index (Phi) is 10.8. The molecule has 0 spiro atoms. The maximum atomic E-state index is 10.9. The minimum atomic E-state index is -1.14. The van der Waals surface area contributed by atoms with E-state index in [1.807, 2.05) is 94.5 Å². The highest BCUT2D eigenvalue weighted by molar-refractivity contribution is 14.1. The summed E-state index contributed by atoms with van der Waals surface area (Å²) in [4.78, 5) is 3.12. The summed E-state index contributed by atoms with van der Waals surface area (Å²) in [5, 5.41) is 41.6. The van der Waals surface area contributed by atoms with E-state index in [-0.39, 0.29) is 9.18 Å². The topological polar surface area (TPSA) is 102 Å². The minimum Gasteiger partial charge on any atom is -0.512 e. The van der Waals surface area contributed by atoms with Gasteiger partial charge in [-0.25, -0.2) is 0 Å². The van der Waals surface area contributed by atoms with Crippen molar-refractivity contribution in [3.05, 3.63) is 96.1 Å². The summed E-state index contributed by atoms with van der Waals surface area (Å²) in [6.07, 6.45) is 16.4. The highest BCUT2D eigenvalue weighted by Gasteiger charge is 2.22. The maximum absolute atomic E-state index is 10.9. The average Bonchev–Trinajstić information content (AvgIpc) is 3.61. The van der Waals surface area contributed by atoms with Crippen LogP contribution >= 0.6 is 31.8 Å². The quantitative estimate of drug-likeness (QED) is 0.125. The number of fused-ring (bicyclic) bond motifs is 2. The van der Waals surface area contributed by atoms with Gasteiger partial charge in [-0.15, -0.1) is 29.6 Å². The monoisotopic (exact) mass is 722 g/mol. The van der Waals surface area contributed by atoms with E-state index in [0.717, 1.165) is 33.0 Å². The molecule has 0 saturated heterocycles. The summed E-state index contributed by atoms with van der Waals surface area (Å²) in [5.74, 6) is 0.274. The zero-order chi connectivity index (χ0) is 32.1. The Labute approximate surface area is 275 Å². The molecule has 2 heterocycles. The second kappa shape index (κ2) is 14.1. The Bertz CT molecular complexity index is 1840. The number of aliphatic hydroxyl groups excluding tert-OH is 1. The Morgan fingerprint density at radius 2 is 1.41 bits per heavy atom. The smallest absolute Gasteiger partial charge is 0.121 e. The van der Waals surface area contributed by atoms with E-state index in [1.165, 1.54) is 0 Å². The van der Waals surface area contributed by atoms with Crippen molar-refractivity contribution in [2.24, 2.45) is 0 Å². The van der Waals surface area contributed by atoms with Crippen LogP contribution in [0.2, 0.25) is 0 Å². The van der Waals surface area contributed by atoms with E-state index in [9.17, 15) is 10.2 Å². The third kappa shape index (κ3) is 7.62. The third-order valence-corrected chi connectivity index (χ3v) is 7.83. The van der Waals surface area contributed by atoms with Crippen molar-refractivity contribution >= 4 is 65.3 Å². The van der Waals surface area contributed by atoms with Gasteiger partial charge in [0.1, 0.15) is 27.7 Å². The van der Waals surface area contributed by atoms with Crippen LogP contribution in [0.1, 0.15) is 54.4 Å². The van der Waals surface area contributed by atoms with Crippen molar-refractivity contribution in [2.75, 3.05) is 0 Å². The summed E-state index contributed by atoms with van der Waals surface area (Å²) < 4.78 is -0.168. The van der Waals surface area contributed by atoms with Crippen LogP contribution in [0.3, 0.4) is 0 Å². The van der Waals surface area contributed by atoms with Crippen LogP contribution in [0.15, 0.2) is 96.1 Å². The molecule has 6 rings (SSSR count). The molecule has 10 heteroatoms. The fraction of sp³-hybridized carbons (Fsp3) is 0.294. The molecule has 0 aliphatic heterocycles. The summed E-state index contributed by atoms with van der Waals surface area (Å²) in [5.41, 5.74) is 4.85. The number of aliphatic hydroxyl groups is 2. The lowest BCUT2D eigenvalue weighted by Crippen LogP contribution is -2.20. The van der Waals surface area contributed by atoms with Gasteiger partial charge in [0.05, 0.1) is 17.2 Å². The summed E-state index contributed by atoms with van der Waals surface area (Å²) >= 11 is 2.33. The van der Waals surface area contributed by atoms with Crippen LogP contribution in [0, 0.1) is 0 Å². The van der Waals surface area contributed by atoms with Gasteiger partial charge in [-0.2, -0.15) is 9.59 Å². The molecule has 2 aromatic carbocycles. The highest BCUT2D eigenvalue weighted by Crippen LogP contribution is 2.34. The summed E-state index contributed by atoms with van der Waals surface area (Å²) in [6.45, 7) is 11.8. The number of hydrogen-bond acceptors (Lipinski definition) is 6. The molecule has 0 bridgehead atoms. The lowest BCUT2D eigenvalue weighted by atomic mass is 10.0.